The van der Waals surface area contributed by atoms with E-state index < -0.39 is 17.6 Å². The summed E-state index contributed by atoms with van der Waals surface area (Å²) in [6.07, 6.45) is 2.42. The normalized spacial score (nSPS) is 23.0. The predicted molar refractivity (Wildman–Crippen MR) is 123 cm³/mol. The fourth-order valence-electron chi connectivity index (χ4n) is 5.36. The third-order valence-electron chi connectivity index (χ3n) is 7.26. The van der Waals surface area contributed by atoms with Crippen LogP contribution in [0.25, 0.3) is 10.9 Å². The second kappa shape index (κ2) is 10.0. The summed E-state index contributed by atoms with van der Waals surface area (Å²) in [5.41, 5.74) is 5.09. The van der Waals surface area contributed by atoms with Crippen molar-refractivity contribution in [1.29, 1.82) is 0 Å². The van der Waals surface area contributed by atoms with Crippen LogP contribution < -0.4 is 10.6 Å². The number of aliphatic hydroxyl groups excluding tert-OH is 1. The van der Waals surface area contributed by atoms with Gasteiger partial charge >= 0.3 is 6.18 Å². The topological polar surface area (TPSA) is 95.6 Å². The van der Waals surface area contributed by atoms with E-state index in [0.717, 1.165) is 50.7 Å². The van der Waals surface area contributed by atoms with Gasteiger partial charge < -0.3 is 15.7 Å². The number of aromatic nitrogens is 2. The first-order valence-corrected chi connectivity index (χ1v) is 12.0. The molecule has 2 aliphatic rings. The molecule has 1 aliphatic carbocycles. The highest BCUT2D eigenvalue weighted by Gasteiger charge is 2.40. The van der Waals surface area contributed by atoms with E-state index in [2.05, 4.69) is 21.8 Å². The van der Waals surface area contributed by atoms with Crippen LogP contribution in [0.5, 0.6) is 0 Å². The van der Waals surface area contributed by atoms with E-state index in [1.165, 1.54) is 12.4 Å². The Morgan fingerprint density at radius 2 is 1.94 bits per heavy atom. The van der Waals surface area contributed by atoms with Crippen molar-refractivity contribution in [2.75, 3.05) is 24.5 Å². The third kappa shape index (κ3) is 5.27. The number of anilines is 1. The minimum atomic E-state index is -4.49. The van der Waals surface area contributed by atoms with Crippen molar-refractivity contribution in [3.05, 3.63) is 30.1 Å². The standard InChI is InChI=1S/C24H32F3N5O2/c1-2-3-21(33)15-4-7-17(8-5-15)31-11-18(12-31)32(13-22(28)34)23-19-10-16(24(25,26)27)6-9-20(19)29-14-30-23/h6,9-10,14-15,17-18,21,33H,2-5,7-8,11-13H2,1H3,(H2,28,34). The molecule has 2 fully saturated rings. The molecule has 2 heterocycles. The number of amides is 1. The lowest BCUT2D eigenvalue weighted by atomic mass is 9.80. The first-order valence-electron chi connectivity index (χ1n) is 12.0. The average molecular weight is 480 g/mol. The number of likely N-dealkylation sites (tertiary alicyclic amines) is 1. The Kier molecular flexibility index (Phi) is 7.28. The molecule has 1 atom stereocenters. The first-order chi connectivity index (χ1) is 16.2. The van der Waals surface area contributed by atoms with Crippen LogP contribution in [0.15, 0.2) is 24.5 Å². The molecular weight excluding hydrogens is 447 g/mol. The summed E-state index contributed by atoms with van der Waals surface area (Å²) in [5, 5.41) is 10.6. The molecule has 4 rings (SSSR count). The number of fused-ring (bicyclic) bond motifs is 1. The maximum atomic E-state index is 13.3. The van der Waals surface area contributed by atoms with Crippen molar-refractivity contribution >= 4 is 22.6 Å². The van der Waals surface area contributed by atoms with E-state index in [1.54, 1.807) is 4.90 Å². The summed E-state index contributed by atoms with van der Waals surface area (Å²) >= 11 is 0. The van der Waals surface area contributed by atoms with E-state index in [-0.39, 0.29) is 24.1 Å². The molecule has 1 amide bonds. The molecule has 10 heteroatoms. The molecule has 1 aromatic heterocycles. The minimum Gasteiger partial charge on any atom is -0.393 e. The number of carbonyl (C=O) groups is 1. The summed E-state index contributed by atoms with van der Waals surface area (Å²) < 4.78 is 40.0. The van der Waals surface area contributed by atoms with Gasteiger partial charge in [0.05, 0.1) is 29.8 Å². The van der Waals surface area contributed by atoms with E-state index in [9.17, 15) is 23.1 Å². The van der Waals surface area contributed by atoms with Gasteiger partial charge in [-0.25, -0.2) is 9.97 Å². The van der Waals surface area contributed by atoms with Crippen molar-refractivity contribution in [2.45, 2.75) is 69.8 Å². The zero-order valence-corrected chi connectivity index (χ0v) is 19.3. The Morgan fingerprint density at radius 1 is 1.24 bits per heavy atom. The van der Waals surface area contributed by atoms with Gasteiger partial charge in [0, 0.05) is 24.5 Å². The van der Waals surface area contributed by atoms with Crippen LogP contribution in [0.4, 0.5) is 19.0 Å². The van der Waals surface area contributed by atoms with E-state index in [4.69, 9.17) is 5.73 Å². The summed E-state index contributed by atoms with van der Waals surface area (Å²) in [4.78, 5) is 24.3. The number of carbonyl (C=O) groups excluding carboxylic acids is 1. The molecule has 1 aliphatic heterocycles. The highest BCUT2D eigenvalue weighted by molar-refractivity contribution is 5.92. The van der Waals surface area contributed by atoms with Crippen molar-refractivity contribution in [3.63, 3.8) is 0 Å². The van der Waals surface area contributed by atoms with Crippen molar-refractivity contribution in [3.8, 4) is 0 Å². The van der Waals surface area contributed by atoms with Gasteiger partial charge in [-0.15, -0.1) is 0 Å². The van der Waals surface area contributed by atoms with E-state index in [0.29, 0.717) is 36.4 Å². The first kappa shape index (κ1) is 24.7. The second-order valence-electron chi connectivity index (χ2n) is 9.55. The highest BCUT2D eigenvalue weighted by atomic mass is 19.4. The number of nitrogens with two attached hydrogens (primary N) is 1. The van der Waals surface area contributed by atoms with Crippen LogP contribution in [0.2, 0.25) is 0 Å². The predicted octanol–water partition coefficient (Wildman–Crippen LogP) is 3.34. The van der Waals surface area contributed by atoms with Gasteiger partial charge in [-0.05, 0) is 56.2 Å². The zero-order chi connectivity index (χ0) is 24.5. The molecule has 7 nitrogen and oxygen atoms in total. The molecule has 1 saturated carbocycles. The van der Waals surface area contributed by atoms with Crippen LogP contribution in [-0.4, -0.2) is 63.7 Å². The smallest absolute Gasteiger partial charge is 0.393 e. The number of benzene rings is 1. The fraction of sp³-hybridized carbons (Fsp3) is 0.625. The zero-order valence-electron chi connectivity index (χ0n) is 19.3. The average Bonchev–Trinajstić information content (AvgIpc) is 2.76. The van der Waals surface area contributed by atoms with Crippen LogP contribution >= 0.6 is 0 Å². The number of hydrogen-bond acceptors (Lipinski definition) is 6. The molecule has 0 radical (unpaired) electrons. The molecule has 0 bridgehead atoms. The van der Waals surface area contributed by atoms with Crippen LogP contribution in [0.3, 0.4) is 0 Å². The lowest BCUT2D eigenvalue weighted by molar-refractivity contribution is -0.137. The minimum absolute atomic E-state index is 0.0800. The van der Waals surface area contributed by atoms with Gasteiger partial charge in [-0.3, -0.25) is 9.69 Å². The molecule has 1 saturated heterocycles. The molecule has 34 heavy (non-hydrogen) atoms. The summed E-state index contributed by atoms with van der Waals surface area (Å²) in [6.45, 7) is 3.32. The molecule has 0 spiro atoms. The second-order valence-corrected chi connectivity index (χ2v) is 9.55. The number of rotatable bonds is 8. The van der Waals surface area contributed by atoms with Crippen LogP contribution in [0, 0.1) is 5.92 Å². The SMILES string of the molecule is CCCC(O)C1CCC(N2CC(N(CC(N)=O)c3ncnc4ccc(C(F)(F)F)cc34)C2)CC1. The Bertz CT molecular complexity index is 1000. The maximum Gasteiger partial charge on any atom is 0.416 e. The molecule has 1 unspecified atom stereocenters. The summed E-state index contributed by atoms with van der Waals surface area (Å²) in [6, 6.07) is 3.69. The Balaban J connectivity index is 1.48. The summed E-state index contributed by atoms with van der Waals surface area (Å²) in [7, 11) is 0. The number of hydrogen-bond donors (Lipinski definition) is 2. The molecule has 3 N–H and O–H groups in total. The Labute approximate surface area is 197 Å². The van der Waals surface area contributed by atoms with Gasteiger partial charge in [0.25, 0.3) is 0 Å². The van der Waals surface area contributed by atoms with Gasteiger partial charge in [-0.1, -0.05) is 13.3 Å². The number of alkyl halides is 3. The van der Waals surface area contributed by atoms with Gasteiger partial charge in [0.15, 0.2) is 0 Å². The lowest BCUT2D eigenvalue weighted by Gasteiger charge is -2.50. The number of aliphatic hydroxyl groups is 1. The number of halogens is 3. The third-order valence-corrected chi connectivity index (χ3v) is 7.26. The van der Waals surface area contributed by atoms with E-state index >= 15 is 0 Å². The Hall–Kier alpha value is -2.46. The van der Waals surface area contributed by atoms with Crippen LogP contribution in [0.1, 0.15) is 51.0 Å². The number of primary amides is 1. The lowest BCUT2D eigenvalue weighted by Crippen LogP contribution is -2.64. The monoisotopic (exact) mass is 479 g/mol. The molecular formula is C24H32F3N5O2. The molecule has 1 aromatic carbocycles. The van der Waals surface area contributed by atoms with Gasteiger partial charge in [0.2, 0.25) is 5.91 Å². The van der Waals surface area contributed by atoms with Crippen LogP contribution in [-0.2, 0) is 11.0 Å². The highest BCUT2D eigenvalue weighted by Crippen LogP contribution is 2.37. The number of nitrogens with zero attached hydrogens (tertiary/aromatic N) is 4. The van der Waals surface area contributed by atoms with Gasteiger partial charge in [-0.2, -0.15) is 13.2 Å². The maximum absolute atomic E-state index is 13.3. The Morgan fingerprint density at radius 3 is 2.56 bits per heavy atom. The summed E-state index contributed by atoms with van der Waals surface area (Å²) in [5.74, 6) is 0.0865. The quantitative estimate of drug-likeness (QED) is 0.603. The molecule has 2 aromatic rings. The van der Waals surface area contributed by atoms with E-state index in [1.807, 2.05) is 0 Å². The molecule has 186 valence electrons. The fourth-order valence-corrected chi connectivity index (χ4v) is 5.36. The van der Waals surface area contributed by atoms with Crippen molar-refractivity contribution in [1.82, 2.24) is 14.9 Å². The van der Waals surface area contributed by atoms with Gasteiger partial charge in [0.1, 0.15) is 12.1 Å². The van der Waals surface area contributed by atoms with Crippen molar-refractivity contribution in [2.24, 2.45) is 11.7 Å². The van der Waals surface area contributed by atoms with Crippen molar-refractivity contribution < 1.29 is 23.1 Å². The largest absolute Gasteiger partial charge is 0.416 e.